The van der Waals surface area contributed by atoms with E-state index in [1.807, 2.05) is 31.2 Å². The molecule has 0 aliphatic rings. The van der Waals surface area contributed by atoms with Crippen molar-refractivity contribution < 1.29 is 18.7 Å². The summed E-state index contributed by atoms with van der Waals surface area (Å²) in [6.07, 6.45) is 0. The van der Waals surface area contributed by atoms with Crippen LogP contribution in [-0.4, -0.2) is 20.1 Å². The van der Waals surface area contributed by atoms with Crippen molar-refractivity contribution in [3.63, 3.8) is 0 Å². The highest BCUT2D eigenvalue weighted by molar-refractivity contribution is 6.08. The molecule has 6 heteroatoms. The zero-order chi connectivity index (χ0) is 22.0. The Morgan fingerprint density at radius 1 is 0.903 bits per heavy atom. The van der Waals surface area contributed by atoms with E-state index in [2.05, 4.69) is 5.32 Å². The van der Waals surface area contributed by atoms with Gasteiger partial charge in [-0.2, -0.15) is 0 Å². The number of methoxy groups -OCH3 is 2. The van der Waals surface area contributed by atoms with Crippen LogP contribution in [0.4, 0.5) is 5.69 Å². The van der Waals surface area contributed by atoms with Crippen molar-refractivity contribution >= 4 is 22.6 Å². The van der Waals surface area contributed by atoms with Gasteiger partial charge in [0, 0.05) is 17.3 Å². The number of nitrogens with one attached hydrogen (secondary N) is 1. The van der Waals surface area contributed by atoms with Crippen molar-refractivity contribution in [1.29, 1.82) is 0 Å². The number of rotatable bonds is 5. The number of hydrogen-bond donors (Lipinski definition) is 1. The lowest BCUT2D eigenvalue weighted by Gasteiger charge is -2.13. The van der Waals surface area contributed by atoms with E-state index in [0.717, 1.165) is 11.1 Å². The first kappa shape index (κ1) is 20.2. The summed E-state index contributed by atoms with van der Waals surface area (Å²) in [7, 11) is 2.97. The van der Waals surface area contributed by atoms with E-state index in [0.29, 0.717) is 33.9 Å². The molecule has 4 aromatic rings. The topological polar surface area (TPSA) is 77.8 Å². The lowest BCUT2D eigenvalue weighted by Crippen LogP contribution is -2.15. The Balaban J connectivity index is 1.69. The number of hydrogen-bond acceptors (Lipinski definition) is 5. The number of ether oxygens (including phenoxy) is 2. The molecule has 0 spiro atoms. The van der Waals surface area contributed by atoms with Crippen molar-refractivity contribution in [3.05, 3.63) is 88.1 Å². The molecule has 0 radical (unpaired) electrons. The smallest absolute Gasteiger partial charge is 0.263 e. The summed E-state index contributed by atoms with van der Waals surface area (Å²) in [5.41, 5.74) is 2.89. The van der Waals surface area contributed by atoms with Gasteiger partial charge in [0.15, 0.2) is 5.43 Å². The number of benzene rings is 3. The number of aryl methyl sites for hydroxylation is 1. The molecule has 156 valence electrons. The maximum atomic E-state index is 12.9. The molecule has 1 amide bonds. The second-order valence-electron chi connectivity index (χ2n) is 7.05. The third-order valence-corrected chi connectivity index (χ3v) is 4.94. The lowest BCUT2D eigenvalue weighted by molar-refractivity contribution is 0.102. The Kier molecular flexibility index (Phi) is 5.45. The molecular formula is C25H21NO5. The Hall–Kier alpha value is -4.06. The van der Waals surface area contributed by atoms with E-state index >= 15 is 0 Å². The number of anilines is 1. The van der Waals surface area contributed by atoms with Crippen LogP contribution in [0.5, 0.6) is 11.5 Å². The summed E-state index contributed by atoms with van der Waals surface area (Å²) in [5.74, 6) is 0.867. The molecule has 1 aromatic heterocycles. The van der Waals surface area contributed by atoms with Crippen molar-refractivity contribution in [2.24, 2.45) is 0 Å². The van der Waals surface area contributed by atoms with Gasteiger partial charge in [-0.3, -0.25) is 9.59 Å². The van der Waals surface area contributed by atoms with Gasteiger partial charge in [0.2, 0.25) is 0 Å². The molecule has 1 heterocycles. The molecule has 1 N–H and O–H groups in total. The van der Waals surface area contributed by atoms with Gasteiger partial charge in [-0.25, -0.2) is 0 Å². The first-order valence-corrected chi connectivity index (χ1v) is 9.67. The van der Waals surface area contributed by atoms with Crippen LogP contribution in [0.25, 0.3) is 22.3 Å². The summed E-state index contributed by atoms with van der Waals surface area (Å²) in [6.45, 7) is 1.98. The maximum Gasteiger partial charge on any atom is 0.263 e. The lowest BCUT2D eigenvalue weighted by atomic mass is 10.1. The number of carbonyl (C=O) groups excluding carboxylic acids is 1. The van der Waals surface area contributed by atoms with Gasteiger partial charge in [-0.05, 0) is 43.3 Å². The van der Waals surface area contributed by atoms with Crippen LogP contribution < -0.4 is 20.2 Å². The fraction of sp³-hybridized carbons (Fsp3) is 0.120. The molecule has 0 saturated carbocycles. The summed E-state index contributed by atoms with van der Waals surface area (Å²) in [4.78, 5) is 25.6. The minimum atomic E-state index is -0.408. The van der Waals surface area contributed by atoms with Crippen LogP contribution in [0.2, 0.25) is 0 Å². The van der Waals surface area contributed by atoms with Crippen LogP contribution >= 0.6 is 0 Å². The molecule has 0 fully saturated rings. The van der Waals surface area contributed by atoms with E-state index in [9.17, 15) is 9.59 Å². The van der Waals surface area contributed by atoms with Gasteiger partial charge >= 0.3 is 0 Å². The first-order chi connectivity index (χ1) is 15.0. The highest BCUT2D eigenvalue weighted by Crippen LogP contribution is 2.30. The molecular weight excluding hydrogens is 394 g/mol. The van der Waals surface area contributed by atoms with Crippen LogP contribution in [0.1, 0.15) is 15.9 Å². The minimum absolute atomic E-state index is 0.191. The van der Waals surface area contributed by atoms with Crippen LogP contribution in [0.15, 0.2) is 75.9 Å². The molecule has 0 aliphatic carbocycles. The quantitative estimate of drug-likeness (QED) is 0.494. The summed E-state index contributed by atoms with van der Waals surface area (Å²) < 4.78 is 16.5. The van der Waals surface area contributed by atoms with Gasteiger partial charge in [-0.15, -0.1) is 0 Å². The number of amides is 1. The van der Waals surface area contributed by atoms with Gasteiger partial charge < -0.3 is 19.2 Å². The molecule has 0 atom stereocenters. The number of carbonyl (C=O) groups is 1. The monoisotopic (exact) mass is 415 g/mol. The molecule has 0 unspecified atom stereocenters. The standard InChI is InChI=1S/C25H21NO5/c1-15-6-4-7-16(12-15)23-14-19(27)18-13-17(10-11-20(18)31-23)26-25(28)24-21(29-2)8-5-9-22(24)30-3/h4-14H,1-3H3,(H,26,28). The van der Waals surface area contributed by atoms with Crippen LogP contribution in [0.3, 0.4) is 0 Å². The first-order valence-electron chi connectivity index (χ1n) is 9.67. The van der Waals surface area contributed by atoms with Gasteiger partial charge in [0.05, 0.1) is 19.6 Å². The molecule has 3 aromatic carbocycles. The zero-order valence-corrected chi connectivity index (χ0v) is 17.4. The Morgan fingerprint density at radius 2 is 1.61 bits per heavy atom. The van der Waals surface area contributed by atoms with E-state index in [-0.39, 0.29) is 11.0 Å². The average molecular weight is 415 g/mol. The van der Waals surface area contributed by atoms with E-state index < -0.39 is 5.91 Å². The third-order valence-electron chi connectivity index (χ3n) is 4.94. The normalized spacial score (nSPS) is 10.7. The maximum absolute atomic E-state index is 12.9. The van der Waals surface area contributed by atoms with Crippen molar-refractivity contribution in [1.82, 2.24) is 0 Å². The fourth-order valence-corrected chi connectivity index (χ4v) is 3.44. The highest BCUT2D eigenvalue weighted by Gasteiger charge is 2.19. The van der Waals surface area contributed by atoms with Gasteiger partial charge in [0.25, 0.3) is 5.91 Å². The molecule has 31 heavy (non-hydrogen) atoms. The molecule has 0 saturated heterocycles. The second-order valence-corrected chi connectivity index (χ2v) is 7.05. The van der Waals surface area contributed by atoms with Gasteiger partial charge in [0.1, 0.15) is 28.4 Å². The average Bonchev–Trinajstić information content (AvgIpc) is 2.78. The summed E-state index contributed by atoms with van der Waals surface area (Å²) in [5, 5.41) is 3.18. The highest BCUT2D eigenvalue weighted by atomic mass is 16.5. The molecule has 4 rings (SSSR count). The fourth-order valence-electron chi connectivity index (χ4n) is 3.44. The van der Waals surface area contributed by atoms with E-state index in [1.165, 1.54) is 20.3 Å². The van der Waals surface area contributed by atoms with Crippen LogP contribution in [-0.2, 0) is 0 Å². The third kappa shape index (κ3) is 4.00. The Morgan fingerprint density at radius 3 is 2.29 bits per heavy atom. The van der Waals surface area contributed by atoms with Crippen LogP contribution in [0, 0.1) is 6.92 Å². The van der Waals surface area contributed by atoms with E-state index in [4.69, 9.17) is 13.9 Å². The molecule has 6 nitrogen and oxygen atoms in total. The SMILES string of the molecule is COc1cccc(OC)c1C(=O)Nc1ccc2oc(-c3cccc(C)c3)cc(=O)c2c1. The molecule has 0 aliphatic heterocycles. The summed E-state index contributed by atoms with van der Waals surface area (Å²) in [6, 6.07) is 19.3. The Labute approximate surface area is 179 Å². The largest absolute Gasteiger partial charge is 0.496 e. The predicted octanol–water partition coefficient (Wildman–Crippen LogP) is 5.04. The Bertz CT molecular complexity index is 1320. The predicted molar refractivity (Wildman–Crippen MR) is 120 cm³/mol. The zero-order valence-electron chi connectivity index (χ0n) is 17.4. The van der Waals surface area contributed by atoms with Crippen molar-refractivity contribution in [2.75, 3.05) is 19.5 Å². The molecule has 0 bridgehead atoms. The van der Waals surface area contributed by atoms with Crippen molar-refractivity contribution in [3.8, 4) is 22.8 Å². The van der Waals surface area contributed by atoms with E-state index in [1.54, 1.807) is 36.4 Å². The van der Waals surface area contributed by atoms with Crippen molar-refractivity contribution in [2.45, 2.75) is 6.92 Å². The number of fused-ring (bicyclic) bond motifs is 1. The minimum Gasteiger partial charge on any atom is -0.496 e. The van der Waals surface area contributed by atoms with Gasteiger partial charge in [-0.1, -0.05) is 29.8 Å². The second kappa shape index (κ2) is 8.36. The summed E-state index contributed by atoms with van der Waals surface area (Å²) >= 11 is 0.